The molecule has 2 aromatic rings. The van der Waals surface area contributed by atoms with Crippen LogP contribution in [-0.4, -0.2) is 22.4 Å². The van der Waals surface area contributed by atoms with E-state index in [9.17, 15) is 4.79 Å². The molecule has 1 heterocycles. The number of halogens is 1. The van der Waals surface area contributed by atoms with Gasteiger partial charge in [-0.1, -0.05) is 23.3 Å². The van der Waals surface area contributed by atoms with Gasteiger partial charge in [-0.25, -0.2) is 9.97 Å². The summed E-state index contributed by atoms with van der Waals surface area (Å²) >= 11 is 5.97. The van der Waals surface area contributed by atoms with E-state index in [2.05, 4.69) is 26.7 Å². The Bertz CT molecular complexity index is 863. The highest BCUT2D eigenvalue weighted by Crippen LogP contribution is 2.21. The minimum absolute atomic E-state index is 0.260. The quantitative estimate of drug-likeness (QED) is 0.663. The zero-order valence-electron chi connectivity index (χ0n) is 15.8. The Kier molecular flexibility index (Phi) is 6.45. The molecule has 0 saturated heterocycles. The van der Waals surface area contributed by atoms with E-state index in [1.165, 1.54) is 31.3 Å². The number of nitrogens with zero attached hydrogens (tertiary/aromatic N) is 2. The molecule has 1 aliphatic carbocycles. The molecular weight excluding hydrogens is 360 g/mol. The first-order valence-electron chi connectivity index (χ1n) is 9.36. The van der Waals surface area contributed by atoms with E-state index in [0.29, 0.717) is 16.7 Å². The smallest absolute Gasteiger partial charge is 0.274 e. The molecule has 0 spiro atoms. The largest absolute Gasteiger partial charge is 0.354 e. The molecule has 1 aromatic heterocycles. The summed E-state index contributed by atoms with van der Waals surface area (Å²) < 4.78 is 0. The van der Waals surface area contributed by atoms with Gasteiger partial charge >= 0.3 is 0 Å². The maximum Gasteiger partial charge on any atom is 0.274 e. The third-order valence-electron chi connectivity index (χ3n) is 4.64. The highest BCUT2D eigenvalue weighted by molar-refractivity contribution is 6.30. The third kappa shape index (κ3) is 5.54. The standard InChI is InChI=1S/C21H25ClN4O/c1-14-12-17(22)8-9-18(14)25-20(27)19-13-15(2)24-21(26-19)23-11-10-16-6-4-3-5-7-16/h6,8-9,12-13H,3-5,7,10-11H2,1-2H3,(H,25,27)(H,23,24,26). The lowest BCUT2D eigenvalue weighted by Gasteiger charge is -2.13. The summed E-state index contributed by atoms with van der Waals surface area (Å²) in [6.07, 6.45) is 8.28. The molecule has 2 N–H and O–H groups in total. The number of allylic oxidation sites excluding steroid dienone is 1. The fourth-order valence-electron chi connectivity index (χ4n) is 3.18. The topological polar surface area (TPSA) is 66.9 Å². The van der Waals surface area contributed by atoms with Crippen LogP contribution in [0, 0.1) is 13.8 Å². The second kappa shape index (κ2) is 9.00. The van der Waals surface area contributed by atoms with Gasteiger partial charge in [0.2, 0.25) is 5.95 Å². The van der Waals surface area contributed by atoms with Gasteiger partial charge in [0.15, 0.2) is 0 Å². The molecule has 0 unspecified atom stereocenters. The number of rotatable bonds is 6. The van der Waals surface area contributed by atoms with Crippen LogP contribution in [0.4, 0.5) is 11.6 Å². The predicted octanol–water partition coefficient (Wildman–Crippen LogP) is 5.30. The van der Waals surface area contributed by atoms with Crippen LogP contribution < -0.4 is 10.6 Å². The molecule has 3 rings (SSSR count). The molecule has 5 nitrogen and oxygen atoms in total. The first kappa shape index (κ1) is 19.4. The molecule has 1 amide bonds. The van der Waals surface area contributed by atoms with Crippen LogP contribution in [-0.2, 0) is 0 Å². The number of carbonyl (C=O) groups is 1. The second-order valence-electron chi connectivity index (χ2n) is 6.92. The summed E-state index contributed by atoms with van der Waals surface area (Å²) in [7, 11) is 0. The summed E-state index contributed by atoms with van der Waals surface area (Å²) in [5.74, 6) is 0.230. The monoisotopic (exact) mass is 384 g/mol. The Morgan fingerprint density at radius 1 is 1.19 bits per heavy atom. The van der Waals surface area contributed by atoms with E-state index in [4.69, 9.17) is 11.6 Å². The molecule has 27 heavy (non-hydrogen) atoms. The van der Waals surface area contributed by atoms with Gasteiger partial charge in [0, 0.05) is 22.9 Å². The Balaban J connectivity index is 1.65. The number of benzene rings is 1. The van der Waals surface area contributed by atoms with Crippen LogP contribution >= 0.6 is 11.6 Å². The molecule has 0 aliphatic heterocycles. The van der Waals surface area contributed by atoms with Crippen molar-refractivity contribution in [1.29, 1.82) is 0 Å². The van der Waals surface area contributed by atoms with Gasteiger partial charge in [0.1, 0.15) is 5.69 Å². The van der Waals surface area contributed by atoms with Gasteiger partial charge < -0.3 is 10.6 Å². The highest BCUT2D eigenvalue weighted by atomic mass is 35.5. The van der Waals surface area contributed by atoms with Crippen molar-refractivity contribution in [1.82, 2.24) is 9.97 Å². The van der Waals surface area contributed by atoms with E-state index in [-0.39, 0.29) is 5.91 Å². The molecule has 0 bridgehead atoms. The van der Waals surface area contributed by atoms with Crippen LogP contribution in [0.15, 0.2) is 35.9 Å². The SMILES string of the molecule is Cc1cc(C(=O)Nc2ccc(Cl)cc2C)nc(NCCC2=CCCCC2)n1. The average Bonchev–Trinajstić information content (AvgIpc) is 2.64. The number of aryl methyl sites for hydroxylation is 2. The number of hydrogen-bond donors (Lipinski definition) is 2. The molecular formula is C21H25ClN4O. The van der Waals surface area contributed by atoms with Crippen LogP contribution in [0.25, 0.3) is 0 Å². The van der Waals surface area contributed by atoms with Crippen molar-refractivity contribution < 1.29 is 4.79 Å². The Morgan fingerprint density at radius 2 is 2.04 bits per heavy atom. The summed E-state index contributed by atoms with van der Waals surface area (Å²) in [4.78, 5) is 21.4. The van der Waals surface area contributed by atoms with Crippen molar-refractivity contribution >= 4 is 29.1 Å². The lowest BCUT2D eigenvalue weighted by molar-refractivity contribution is 0.102. The Labute approximate surface area is 165 Å². The predicted molar refractivity (Wildman–Crippen MR) is 111 cm³/mol. The molecule has 0 radical (unpaired) electrons. The maximum absolute atomic E-state index is 12.6. The molecule has 0 atom stereocenters. The van der Waals surface area contributed by atoms with Crippen molar-refractivity contribution in [3.63, 3.8) is 0 Å². The van der Waals surface area contributed by atoms with Crippen LogP contribution in [0.2, 0.25) is 5.02 Å². The molecule has 0 saturated carbocycles. The van der Waals surface area contributed by atoms with Crippen molar-refractivity contribution in [3.05, 3.63) is 57.9 Å². The van der Waals surface area contributed by atoms with Crippen molar-refractivity contribution in [3.8, 4) is 0 Å². The maximum atomic E-state index is 12.6. The van der Waals surface area contributed by atoms with Crippen molar-refractivity contribution in [2.45, 2.75) is 46.0 Å². The highest BCUT2D eigenvalue weighted by Gasteiger charge is 2.12. The zero-order valence-corrected chi connectivity index (χ0v) is 16.6. The van der Waals surface area contributed by atoms with E-state index < -0.39 is 0 Å². The van der Waals surface area contributed by atoms with Gasteiger partial charge in [0.25, 0.3) is 5.91 Å². The van der Waals surface area contributed by atoms with Gasteiger partial charge in [-0.05, 0) is 75.8 Å². The molecule has 1 aromatic carbocycles. The van der Waals surface area contributed by atoms with Gasteiger partial charge in [-0.15, -0.1) is 0 Å². The fraction of sp³-hybridized carbons (Fsp3) is 0.381. The van der Waals surface area contributed by atoms with Gasteiger partial charge in [0.05, 0.1) is 0 Å². The number of aromatic nitrogens is 2. The molecule has 6 heteroatoms. The summed E-state index contributed by atoms with van der Waals surface area (Å²) in [5, 5.41) is 6.78. The van der Waals surface area contributed by atoms with Crippen LogP contribution in [0.1, 0.15) is 53.8 Å². The summed E-state index contributed by atoms with van der Waals surface area (Å²) in [6.45, 7) is 4.53. The first-order valence-corrected chi connectivity index (χ1v) is 9.74. The zero-order chi connectivity index (χ0) is 19.2. The number of hydrogen-bond acceptors (Lipinski definition) is 4. The number of carbonyl (C=O) groups excluding carboxylic acids is 1. The molecule has 0 fully saturated rings. The number of nitrogens with one attached hydrogen (secondary N) is 2. The normalized spacial score (nSPS) is 13.8. The third-order valence-corrected chi connectivity index (χ3v) is 4.87. The first-order chi connectivity index (χ1) is 13.0. The summed E-state index contributed by atoms with van der Waals surface area (Å²) in [5.41, 5.74) is 4.22. The number of amides is 1. The summed E-state index contributed by atoms with van der Waals surface area (Å²) in [6, 6.07) is 7.05. The average molecular weight is 385 g/mol. The minimum Gasteiger partial charge on any atom is -0.354 e. The van der Waals surface area contributed by atoms with E-state index in [0.717, 1.165) is 29.9 Å². The molecule has 142 valence electrons. The fourth-order valence-corrected chi connectivity index (χ4v) is 3.41. The van der Waals surface area contributed by atoms with Crippen molar-refractivity contribution in [2.24, 2.45) is 0 Å². The van der Waals surface area contributed by atoms with E-state index >= 15 is 0 Å². The van der Waals surface area contributed by atoms with Crippen LogP contribution in [0.5, 0.6) is 0 Å². The lowest BCUT2D eigenvalue weighted by Crippen LogP contribution is -2.17. The van der Waals surface area contributed by atoms with Gasteiger partial charge in [-0.3, -0.25) is 4.79 Å². The Hall–Kier alpha value is -2.40. The number of anilines is 2. The van der Waals surface area contributed by atoms with E-state index in [1.807, 2.05) is 19.9 Å². The lowest BCUT2D eigenvalue weighted by atomic mass is 9.97. The van der Waals surface area contributed by atoms with Gasteiger partial charge in [-0.2, -0.15) is 0 Å². The van der Waals surface area contributed by atoms with Crippen LogP contribution in [0.3, 0.4) is 0 Å². The minimum atomic E-state index is -0.260. The van der Waals surface area contributed by atoms with Crippen molar-refractivity contribution in [2.75, 3.05) is 17.2 Å². The second-order valence-corrected chi connectivity index (χ2v) is 7.35. The Morgan fingerprint density at radius 3 is 2.78 bits per heavy atom. The van der Waals surface area contributed by atoms with E-state index in [1.54, 1.807) is 18.2 Å². The molecule has 1 aliphatic rings.